The van der Waals surface area contributed by atoms with E-state index in [0.29, 0.717) is 45.9 Å². The normalized spacial score (nSPS) is 17.3. The second kappa shape index (κ2) is 12.3. The lowest BCUT2D eigenvalue weighted by atomic mass is 10.1. The molecule has 9 nitrogen and oxygen atoms in total. The van der Waals surface area contributed by atoms with Gasteiger partial charge in [0.1, 0.15) is 11.7 Å². The number of methoxy groups -OCH3 is 3. The highest BCUT2D eigenvalue weighted by Gasteiger charge is 2.42. The van der Waals surface area contributed by atoms with Crippen LogP contribution in [-0.4, -0.2) is 59.7 Å². The first kappa shape index (κ1) is 28.7. The highest BCUT2D eigenvalue weighted by Crippen LogP contribution is 2.35. The lowest BCUT2D eigenvalue weighted by Crippen LogP contribution is -2.48. The van der Waals surface area contributed by atoms with Crippen molar-refractivity contribution in [3.05, 3.63) is 76.8 Å². The first-order chi connectivity index (χ1) is 19.8. The molecule has 0 bridgehead atoms. The van der Waals surface area contributed by atoms with Crippen molar-refractivity contribution >= 4 is 40.7 Å². The summed E-state index contributed by atoms with van der Waals surface area (Å²) in [5, 5.41) is 3.00. The minimum Gasteiger partial charge on any atom is -0.493 e. The summed E-state index contributed by atoms with van der Waals surface area (Å²) in [6.07, 6.45) is 2.14. The molecule has 1 aliphatic rings. The molecule has 1 N–H and O–H groups in total. The molecule has 0 radical (unpaired) electrons. The van der Waals surface area contributed by atoms with E-state index in [4.69, 9.17) is 30.8 Å². The lowest BCUT2D eigenvalue weighted by molar-refractivity contribution is -0.148. The Balaban J connectivity index is 1.43. The molecule has 1 saturated heterocycles. The molecule has 0 unspecified atom stereocenters. The van der Waals surface area contributed by atoms with Crippen LogP contribution in [0, 0.1) is 0 Å². The van der Waals surface area contributed by atoms with Crippen molar-refractivity contribution in [3.63, 3.8) is 0 Å². The molecule has 2 aromatic heterocycles. The van der Waals surface area contributed by atoms with Crippen LogP contribution >= 0.6 is 22.9 Å². The molecule has 1 aliphatic heterocycles. The number of thiophene rings is 1. The van der Waals surface area contributed by atoms with Gasteiger partial charge in [0, 0.05) is 25.0 Å². The van der Waals surface area contributed by atoms with Crippen LogP contribution in [0.25, 0.3) is 16.3 Å². The summed E-state index contributed by atoms with van der Waals surface area (Å²) in [5.74, 6) is 0.770. The summed E-state index contributed by atoms with van der Waals surface area (Å²) in [5.41, 5.74) is 2.12. The number of ether oxygens (including phenoxy) is 3. The van der Waals surface area contributed by atoms with Crippen molar-refractivity contribution in [1.29, 1.82) is 0 Å². The summed E-state index contributed by atoms with van der Waals surface area (Å²) in [6.45, 7) is 1.94. The topological polar surface area (TPSA) is 94.9 Å². The Bertz CT molecular complexity index is 1540. The van der Waals surface area contributed by atoms with Crippen molar-refractivity contribution in [2.75, 3.05) is 26.6 Å². The summed E-state index contributed by atoms with van der Waals surface area (Å²) < 4.78 is 18.9. The molecule has 2 aromatic carbocycles. The SMILES string of the molecule is COc1ccc([C@H](OC)C(=O)N2[C@@H](C(=O)Nc3nc(-c4ccc(Cl)s4)cn3-c3ccccc3)CC[C@@H]2C)cc1OC. The molecule has 2 amide bonds. The number of imidazole rings is 1. The first-order valence-corrected chi connectivity index (χ1v) is 14.3. The van der Waals surface area contributed by atoms with Gasteiger partial charge in [-0.2, -0.15) is 0 Å². The highest BCUT2D eigenvalue weighted by atomic mass is 35.5. The predicted molar refractivity (Wildman–Crippen MR) is 159 cm³/mol. The van der Waals surface area contributed by atoms with Gasteiger partial charge in [-0.3, -0.25) is 19.5 Å². The zero-order chi connectivity index (χ0) is 29.1. The average Bonchev–Trinajstić information content (AvgIpc) is 3.71. The first-order valence-electron chi connectivity index (χ1n) is 13.1. The monoisotopic (exact) mass is 594 g/mol. The largest absolute Gasteiger partial charge is 0.493 e. The molecule has 4 aromatic rings. The number of benzene rings is 2. The minimum absolute atomic E-state index is 0.159. The molecule has 1 fully saturated rings. The summed E-state index contributed by atoms with van der Waals surface area (Å²) in [4.78, 5) is 34.9. The van der Waals surface area contributed by atoms with Crippen LogP contribution in [0.3, 0.4) is 0 Å². The summed E-state index contributed by atoms with van der Waals surface area (Å²) in [6, 6.07) is 17.7. The summed E-state index contributed by atoms with van der Waals surface area (Å²) in [7, 11) is 4.56. The fourth-order valence-electron chi connectivity index (χ4n) is 5.16. The Morgan fingerprint density at radius 2 is 1.78 bits per heavy atom. The van der Waals surface area contributed by atoms with Crippen molar-refractivity contribution in [1.82, 2.24) is 14.5 Å². The van der Waals surface area contributed by atoms with Gasteiger partial charge >= 0.3 is 0 Å². The van der Waals surface area contributed by atoms with Gasteiger partial charge in [0.05, 0.1) is 23.4 Å². The number of amides is 2. The molecule has 5 rings (SSSR count). The number of nitrogens with zero attached hydrogens (tertiary/aromatic N) is 3. The molecule has 11 heteroatoms. The number of carbonyl (C=O) groups is 2. The maximum Gasteiger partial charge on any atom is 0.257 e. The van der Waals surface area contributed by atoms with Gasteiger partial charge in [0.2, 0.25) is 11.9 Å². The third-order valence-corrected chi connectivity index (χ3v) is 8.45. The number of likely N-dealkylation sites (tertiary alicyclic amines) is 1. The van der Waals surface area contributed by atoms with Gasteiger partial charge < -0.3 is 19.1 Å². The van der Waals surface area contributed by atoms with Crippen molar-refractivity contribution in [3.8, 4) is 27.8 Å². The molecule has 3 atom stereocenters. The number of para-hydroxylation sites is 1. The highest BCUT2D eigenvalue weighted by molar-refractivity contribution is 7.19. The molecule has 214 valence electrons. The van der Waals surface area contributed by atoms with Crippen LogP contribution in [0.2, 0.25) is 4.34 Å². The quantitative estimate of drug-likeness (QED) is 0.256. The maximum absolute atomic E-state index is 13.9. The second-order valence-electron chi connectivity index (χ2n) is 9.67. The number of anilines is 1. The Morgan fingerprint density at radius 3 is 2.44 bits per heavy atom. The Kier molecular flexibility index (Phi) is 8.63. The average molecular weight is 595 g/mol. The molecule has 0 saturated carbocycles. The van der Waals surface area contributed by atoms with Crippen LogP contribution in [0.5, 0.6) is 11.5 Å². The van der Waals surface area contributed by atoms with Crippen molar-refractivity contribution < 1.29 is 23.8 Å². The van der Waals surface area contributed by atoms with Crippen LogP contribution < -0.4 is 14.8 Å². The number of aromatic nitrogens is 2. The fourth-order valence-corrected chi connectivity index (χ4v) is 6.16. The van der Waals surface area contributed by atoms with Gasteiger partial charge in [0.25, 0.3) is 5.91 Å². The van der Waals surface area contributed by atoms with Gasteiger partial charge in [-0.1, -0.05) is 35.9 Å². The predicted octanol–water partition coefficient (Wildman–Crippen LogP) is 5.98. The minimum atomic E-state index is -0.924. The molecular formula is C30H31ClN4O5S. The van der Waals surface area contributed by atoms with E-state index in [9.17, 15) is 9.59 Å². The van der Waals surface area contributed by atoms with Gasteiger partial charge in [-0.05, 0) is 61.7 Å². The third-order valence-electron chi connectivity index (χ3n) is 7.20. The van der Waals surface area contributed by atoms with E-state index in [0.717, 1.165) is 10.6 Å². The molecule has 3 heterocycles. The van der Waals surface area contributed by atoms with Gasteiger partial charge in [-0.15, -0.1) is 11.3 Å². The third kappa shape index (κ3) is 5.81. The van der Waals surface area contributed by atoms with Gasteiger partial charge in [0.15, 0.2) is 17.6 Å². The smallest absolute Gasteiger partial charge is 0.257 e. The zero-order valence-corrected chi connectivity index (χ0v) is 24.7. The Hall–Kier alpha value is -3.86. The Labute approximate surface area is 247 Å². The zero-order valence-electron chi connectivity index (χ0n) is 23.2. The molecular weight excluding hydrogens is 564 g/mol. The van der Waals surface area contributed by atoms with Crippen LogP contribution in [0.1, 0.15) is 31.4 Å². The van der Waals surface area contributed by atoms with Crippen LogP contribution in [0.4, 0.5) is 5.95 Å². The number of hydrogen-bond donors (Lipinski definition) is 1. The molecule has 0 aliphatic carbocycles. The fraction of sp³-hybridized carbons (Fsp3) is 0.300. The summed E-state index contributed by atoms with van der Waals surface area (Å²) >= 11 is 7.58. The van der Waals surface area contributed by atoms with E-state index in [2.05, 4.69) is 5.32 Å². The maximum atomic E-state index is 13.9. The van der Waals surface area contributed by atoms with E-state index in [1.54, 1.807) is 30.2 Å². The lowest BCUT2D eigenvalue weighted by Gasteiger charge is -2.31. The molecule has 41 heavy (non-hydrogen) atoms. The van der Waals surface area contributed by atoms with E-state index >= 15 is 0 Å². The standard InChI is InChI=1S/C30H31ClN4O5S/c1-18-10-12-22(35(18)29(37)27(40-4)19-11-13-23(38-2)24(16-19)39-3)28(36)33-30-32-21(25-14-15-26(31)41-25)17-34(30)20-8-6-5-7-9-20/h5-9,11,13-18,22,27H,10,12H2,1-4H3,(H,32,33,36)/t18-,22+,27-/m0/s1. The number of rotatable bonds is 9. The molecule has 0 spiro atoms. The van der Waals surface area contributed by atoms with E-state index in [1.807, 2.05) is 60.2 Å². The second-order valence-corrected chi connectivity index (χ2v) is 11.4. The van der Waals surface area contributed by atoms with Crippen molar-refractivity contribution in [2.45, 2.75) is 38.0 Å². The van der Waals surface area contributed by atoms with Crippen LogP contribution in [-0.2, 0) is 14.3 Å². The van der Waals surface area contributed by atoms with Gasteiger partial charge in [-0.25, -0.2) is 4.98 Å². The number of nitrogens with one attached hydrogen (secondary N) is 1. The number of carbonyl (C=O) groups excluding carboxylic acids is 2. The van der Waals surface area contributed by atoms with E-state index < -0.39 is 12.1 Å². The number of halogens is 1. The van der Waals surface area contributed by atoms with E-state index in [1.165, 1.54) is 25.6 Å². The Morgan fingerprint density at radius 1 is 1.02 bits per heavy atom. The van der Waals surface area contributed by atoms with Crippen LogP contribution in [0.15, 0.2) is 66.9 Å². The van der Waals surface area contributed by atoms with E-state index in [-0.39, 0.29) is 17.9 Å². The number of hydrogen-bond acceptors (Lipinski definition) is 7. The van der Waals surface area contributed by atoms with Crippen molar-refractivity contribution in [2.24, 2.45) is 0 Å².